The van der Waals surface area contributed by atoms with Gasteiger partial charge in [-0.3, -0.25) is 4.79 Å². The minimum atomic E-state index is -0.448. The number of rotatable bonds is 6. The molecule has 1 aliphatic heterocycles. The topological polar surface area (TPSA) is 83.3 Å². The Morgan fingerprint density at radius 2 is 2.13 bits per heavy atom. The molecular weight excluding hydrogens is 294 g/mol. The maximum Gasteiger partial charge on any atom is 0.240 e. The number of hydrogen-bond donors (Lipinski definition) is 2. The van der Waals surface area contributed by atoms with Crippen LogP contribution >= 0.6 is 0 Å². The van der Waals surface area contributed by atoms with Crippen molar-refractivity contribution in [2.24, 2.45) is 11.8 Å². The fraction of sp³-hybridized carbons (Fsp3) is 0.812. The van der Waals surface area contributed by atoms with Crippen molar-refractivity contribution in [2.45, 2.75) is 44.7 Å². The number of carbonyl (C=O) groups excluding carboxylic acids is 1. The Morgan fingerprint density at radius 1 is 1.43 bits per heavy atom. The Balaban J connectivity index is 1.73. The van der Waals surface area contributed by atoms with Gasteiger partial charge in [-0.05, 0) is 45.9 Å². The van der Waals surface area contributed by atoms with Gasteiger partial charge in [0.2, 0.25) is 11.8 Å². The summed E-state index contributed by atoms with van der Waals surface area (Å²) in [7, 11) is 3.93. The van der Waals surface area contributed by atoms with Crippen LogP contribution in [0.4, 0.5) is 0 Å². The molecule has 1 aliphatic carbocycles. The van der Waals surface area contributed by atoms with E-state index in [1.54, 1.807) is 0 Å². The average molecular weight is 321 g/mol. The third-order valence-corrected chi connectivity index (χ3v) is 5.10. The highest BCUT2D eigenvalue weighted by Gasteiger charge is 2.43. The third kappa shape index (κ3) is 3.40. The Labute approximate surface area is 137 Å². The number of nitrogens with zero attached hydrogens (tertiary/aromatic N) is 3. The van der Waals surface area contributed by atoms with E-state index in [-0.39, 0.29) is 11.8 Å². The van der Waals surface area contributed by atoms with Crippen LogP contribution in [0.15, 0.2) is 4.52 Å². The SMILES string of the molecule is CC(C(=O)NC1(c2noc(CN(C)C)n2)CCCC1)C1CNC1. The highest BCUT2D eigenvalue weighted by atomic mass is 16.5. The highest BCUT2D eigenvalue weighted by Crippen LogP contribution is 2.38. The van der Waals surface area contributed by atoms with Crippen molar-refractivity contribution in [1.29, 1.82) is 0 Å². The van der Waals surface area contributed by atoms with Gasteiger partial charge in [-0.2, -0.15) is 4.98 Å². The molecule has 0 radical (unpaired) electrons. The fourth-order valence-corrected chi connectivity index (χ4v) is 3.40. The molecule has 2 heterocycles. The van der Waals surface area contributed by atoms with Gasteiger partial charge in [-0.25, -0.2) is 0 Å². The molecule has 0 spiro atoms. The van der Waals surface area contributed by atoms with Gasteiger partial charge in [0.25, 0.3) is 0 Å². The van der Waals surface area contributed by atoms with E-state index in [4.69, 9.17) is 4.52 Å². The smallest absolute Gasteiger partial charge is 0.240 e. The van der Waals surface area contributed by atoms with Crippen LogP contribution in [-0.2, 0) is 16.9 Å². The zero-order valence-corrected chi connectivity index (χ0v) is 14.3. The summed E-state index contributed by atoms with van der Waals surface area (Å²) < 4.78 is 5.37. The standard InChI is InChI=1S/C16H27N5O2/c1-11(12-8-17-9-12)14(22)19-16(6-4-5-7-16)15-18-13(23-20-15)10-21(2)3/h11-12,17H,4-10H2,1-3H3,(H,19,22). The molecule has 0 bridgehead atoms. The molecule has 2 aliphatic rings. The average Bonchev–Trinajstić information content (AvgIpc) is 3.06. The van der Waals surface area contributed by atoms with Crippen molar-refractivity contribution in [2.75, 3.05) is 27.2 Å². The molecule has 2 fully saturated rings. The molecule has 128 valence electrons. The van der Waals surface area contributed by atoms with Crippen molar-refractivity contribution in [1.82, 2.24) is 25.7 Å². The number of aromatic nitrogens is 2. The zero-order chi connectivity index (χ0) is 16.4. The molecule has 1 saturated heterocycles. The molecule has 2 N–H and O–H groups in total. The van der Waals surface area contributed by atoms with Gasteiger partial charge in [0.1, 0.15) is 5.54 Å². The molecule has 7 nitrogen and oxygen atoms in total. The Kier molecular flexibility index (Phi) is 4.68. The van der Waals surface area contributed by atoms with Crippen LogP contribution in [0.3, 0.4) is 0 Å². The van der Waals surface area contributed by atoms with Crippen molar-refractivity contribution < 1.29 is 9.32 Å². The predicted octanol–water partition coefficient (Wildman–Crippen LogP) is 0.872. The zero-order valence-electron chi connectivity index (χ0n) is 14.3. The maximum absolute atomic E-state index is 12.7. The van der Waals surface area contributed by atoms with Crippen LogP contribution in [0.1, 0.15) is 44.3 Å². The molecule has 1 unspecified atom stereocenters. The normalized spacial score (nSPS) is 22.1. The van der Waals surface area contributed by atoms with E-state index >= 15 is 0 Å². The summed E-state index contributed by atoms with van der Waals surface area (Å²) >= 11 is 0. The molecule has 1 aromatic heterocycles. The van der Waals surface area contributed by atoms with E-state index < -0.39 is 5.54 Å². The van der Waals surface area contributed by atoms with Crippen LogP contribution in [0.25, 0.3) is 0 Å². The van der Waals surface area contributed by atoms with E-state index in [2.05, 4.69) is 20.8 Å². The van der Waals surface area contributed by atoms with E-state index in [0.717, 1.165) is 38.8 Å². The summed E-state index contributed by atoms with van der Waals surface area (Å²) in [5.74, 6) is 1.79. The van der Waals surface area contributed by atoms with Crippen molar-refractivity contribution in [3.8, 4) is 0 Å². The number of hydrogen-bond acceptors (Lipinski definition) is 6. The van der Waals surface area contributed by atoms with Gasteiger partial charge in [0.15, 0.2) is 5.82 Å². The van der Waals surface area contributed by atoms with Crippen LogP contribution in [0.2, 0.25) is 0 Å². The van der Waals surface area contributed by atoms with Crippen molar-refractivity contribution in [3.63, 3.8) is 0 Å². The Morgan fingerprint density at radius 3 is 2.70 bits per heavy atom. The van der Waals surface area contributed by atoms with Gasteiger partial charge in [0.05, 0.1) is 6.54 Å². The lowest BCUT2D eigenvalue weighted by Crippen LogP contribution is -2.53. The van der Waals surface area contributed by atoms with E-state index in [1.807, 2.05) is 25.9 Å². The summed E-state index contributed by atoms with van der Waals surface area (Å²) in [5, 5.41) is 10.7. The van der Waals surface area contributed by atoms with E-state index in [9.17, 15) is 4.79 Å². The number of amides is 1. The van der Waals surface area contributed by atoms with Crippen molar-refractivity contribution >= 4 is 5.91 Å². The van der Waals surface area contributed by atoms with Gasteiger partial charge in [-0.15, -0.1) is 0 Å². The predicted molar refractivity (Wildman–Crippen MR) is 85.5 cm³/mol. The second-order valence-corrected chi connectivity index (χ2v) is 7.23. The van der Waals surface area contributed by atoms with Crippen LogP contribution in [-0.4, -0.2) is 48.1 Å². The lowest BCUT2D eigenvalue weighted by Gasteiger charge is -2.34. The maximum atomic E-state index is 12.7. The Bertz CT molecular complexity index is 546. The molecule has 1 amide bonds. The number of carbonyl (C=O) groups is 1. The molecule has 7 heteroatoms. The van der Waals surface area contributed by atoms with Crippen LogP contribution in [0, 0.1) is 11.8 Å². The minimum absolute atomic E-state index is 0.0156. The van der Waals surface area contributed by atoms with Crippen LogP contribution in [0.5, 0.6) is 0 Å². The Hall–Kier alpha value is -1.47. The van der Waals surface area contributed by atoms with Gasteiger partial charge in [-0.1, -0.05) is 24.9 Å². The first-order valence-corrected chi connectivity index (χ1v) is 8.51. The molecule has 1 atom stereocenters. The summed E-state index contributed by atoms with van der Waals surface area (Å²) in [6, 6.07) is 0. The fourth-order valence-electron chi connectivity index (χ4n) is 3.40. The van der Waals surface area contributed by atoms with Gasteiger partial charge < -0.3 is 20.1 Å². The molecule has 1 saturated carbocycles. The van der Waals surface area contributed by atoms with Crippen LogP contribution < -0.4 is 10.6 Å². The van der Waals surface area contributed by atoms with Gasteiger partial charge in [0, 0.05) is 5.92 Å². The first-order chi connectivity index (χ1) is 11.0. The molecule has 23 heavy (non-hydrogen) atoms. The minimum Gasteiger partial charge on any atom is -0.343 e. The quantitative estimate of drug-likeness (QED) is 0.809. The molecule has 3 rings (SSSR count). The summed E-state index contributed by atoms with van der Waals surface area (Å²) in [4.78, 5) is 19.2. The summed E-state index contributed by atoms with van der Waals surface area (Å²) in [6.45, 7) is 4.48. The van der Waals surface area contributed by atoms with Gasteiger partial charge >= 0.3 is 0 Å². The summed E-state index contributed by atoms with van der Waals surface area (Å²) in [6.07, 6.45) is 3.93. The number of nitrogens with one attached hydrogen (secondary N) is 2. The first-order valence-electron chi connectivity index (χ1n) is 8.51. The molecule has 0 aromatic carbocycles. The monoisotopic (exact) mass is 321 g/mol. The first kappa shape index (κ1) is 16.4. The third-order valence-electron chi connectivity index (χ3n) is 5.10. The lowest BCUT2D eigenvalue weighted by molar-refractivity contribution is -0.129. The molecule has 1 aromatic rings. The highest BCUT2D eigenvalue weighted by molar-refractivity contribution is 5.79. The van der Waals surface area contributed by atoms with E-state index in [0.29, 0.717) is 24.2 Å². The van der Waals surface area contributed by atoms with Crippen molar-refractivity contribution in [3.05, 3.63) is 11.7 Å². The largest absolute Gasteiger partial charge is 0.343 e. The van der Waals surface area contributed by atoms with E-state index in [1.165, 1.54) is 0 Å². The molecular formula is C16H27N5O2. The second kappa shape index (κ2) is 6.57. The second-order valence-electron chi connectivity index (χ2n) is 7.23. The summed E-state index contributed by atoms with van der Waals surface area (Å²) in [5.41, 5.74) is -0.448. The lowest BCUT2D eigenvalue weighted by atomic mass is 9.86.